The molecule has 0 bridgehead atoms. The molecule has 4 heteroatoms. The maximum atomic E-state index is 5.84. The van der Waals surface area contributed by atoms with E-state index >= 15 is 0 Å². The van der Waals surface area contributed by atoms with Crippen molar-refractivity contribution in [1.29, 1.82) is 0 Å². The largest absolute Gasteiger partial charge is 0.223 e. The van der Waals surface area contributed by atoms with Gasteiger partial charge in [-0.3, -0.25) is 0 Å². The minimum absolute atomic E-state index is 0.475. The van der Waals surface area contributed by atoms with Crippen molar-refractivity contribution in [2.75, 3.05) is 0 Å². The monoisotopic (exact) mass is 316 g/mol. The first-order valence-electron chi connectivity index (χ1n) is 4.01. The first kappa shape index (κ1) is 9.86. The Morgan fingerprint density at radius 3 is 2.43 bits per heavy atom. The first-order chi connectivity index (χ1) is 6.75. The van der Waals surface area contributed by atoms with Gasteiger partial charge in [-0.2, -0.15) is 0 Å². The summed E-state index contributed by atoms with van der Waals surface area (Å²) >= 11 is 7.90. The summed E-state index contributed by atoms with van der Waals surface area (Å²) in [6.45, 7) is 0. The van der Waals surface area contributed by atoms with Crippen LogP contribution in [-0.4, -0.2) is 9.97 Å². The van der Waals surface area contributed by atoms with Crippen LogP contribution in [0.25, 0.3) is 11.3 Å². The quantitative estimate of drug-likeness (QED) is 0.458. The number of rotatable bonds is 1. The fourth-order valence-corrected chi connectivity index (χ4v) is 1.99. The van der Waals surface area contributed by atoms with Gasteiger partial charge in [0.1, 0.15) is 5.15 Å². The Morgan fingerprint density at radius 2 is 1.79 bits per heavy atom. The predicted octanol–water partition coefficient (Wildman–Crippen LogP) is 3.40. The van der Waals surface area contributed by atoms with Gasteiger partial charge in [0, 0.05) is 34.2 Å². The van der Waals surface area contributed by atoms with E-state index in [9.17, 15) is 0 Å². The van der Waals surface area contributed by atoms with Crippen LogP contribution in [0.5, 0.6) is 0 Å². The van der Waals surface area contributed by atoms with Gasteiger partial charge < -0.3 is 0 Å². The third kappa shape index (κ3) is 2.22. The van der Waals surface area contributed by atoms with Gasteiger partial charge in [-0.05, 0) is 0 Å². The molecule has 2 aromatic rings. The van der Waals surface area contributed by atoms with E-state index in [1.54, 1.807) is 6.07 Å². The Kier molecular flexibility index (Phi) is 2.98. The minimum atomic E-state index is 0.475. The highest BCUT2D eigenvalue weighted by atomic mass is 127. The molecule has 70 valence electrons. The smallest absolute Gasteiger partial charge is 0.192 e. The fraction of sp³-hybridized carbons (Fsp3) is 0. The lowest BCUT2D eigenvalue weighted by Gasteiger charge is -2.00. The van der Waals surface area contributed by atoms with E-state index in [2.05, 4.69) is 32.6 Å². The zero-order chi connectivity index (χ0) is 9.97. The highest BCUT2D eigenvalue weighted by Crippen LogP contribution is 2.19. The number of hydrogen-bond donors (Lipinski definition) is 0. The lowest BCUT2D eigenvalue weighted by Crippen LogP contribution is -1.90. The summed E-state index contributed by atoms with van der Waals surface area (Å²) in [6, 6.07) is 11.7. The summed E-state index contributed by atoms with van der Waals surface area (Å²) in [5.74, 6) is 0. The molecule has 1 aromatic heterocycles. The second-order valence-corrected chi connectivity index (χ2v) is 4.06. The normalized spacial score (nSPS) is 10.1. The molecule has 2 nitrogen and oxygen atoms in total. The average Bonchev–Trinajstić information content (AvgIpc) is 2.18. The molecule has 0 aliphatic rings. The van der Waals surface area contributed by atoms with Crippen molar-refractivity contribution in [2.24, 2.45) is 0 Å². The second-order valence-electron chi connectivity index (χ2n) is 2.71. The number of aromatic nitrogens is 2. The Hall–Kier alpha value is -0.680. The van der Waals surface area contributed by atoms with E-state index in [1.807, 2.05) is 30.3 Å². The van der Waals surface area contributed by atoms with Crippen LogP contribution in [0.3, 0.4) is 0 Å². The molecule has 0 fully saturated rings. The highest BCUT2D eigenvalue weighted by Gasteiger charge is 2.02. The van der Waals surface area contributed by atoms with E-state index in [-0.39, 0.29) is 0 Å². The molecule has 1 aromatic carbocycles. The number of benzene rings is 1. The molecule has 0 spiro atoms. The highest BCUT2D eigenvalue weighted by molar-refractivity contribution is 14.1. The zero-order valence-electron chi connectivity index (χ0n) is 7.11. The summed E-state index contributed by atoms with van der Waals surface area (Å²) in [5.41, 5.74) is 1.91. The molecule has 0 radical (unpaired) electrons. The molecule has 0 saturated heterocycles. The summed E-state index contributed by atoms with van der Waals surface area (Å²) in [7, 11) is 0. The zero-order valence-corrected chi connectivity index (χ0v) is 10.0. The number of halogens is 2. The molecule has 0 unspecified atom stereocenters. The van der Waals surface area contributed by atoms with Gasteiger partial charge in [-0.15, -0.1) is 0 Å². The lowest BCUT2D eigenvalue weighted by atomic mass is 10.1. The predicted molar refractivity (Wildman–Crippen MR) is 65.2 cm³/mol. The Labute approximate surface area is 100 Å². The summed E-state index contributed by atoms with van der Waals surface area (Å²) in [4.78, 5) is 8.30. The van der Waals surface area contributed by atoms with E-state index < -0.39 is 0 Å². The van der Waals surface area contributed by atoms with Gasteiger partial charge in [0.2, 0.25) is 0 Å². The molecule has 2 rings (SSSR count). The summed E-state index contributed by atoms with van der Waals surface area (Å²) < 4.78 is 0.661. The molecule has 0 aliphatic carbocycles. The Balaban J connectivity index is 2.52. The average molecular weight is 317 g/mol. The van der Waals surface area contributed by atoms with Gasteiger partial charge in [0.25, 0.3) is 0 Å². The number of hydrogen-bond acceptors (Lipinski definition) is 2. The van der Waals surface area contributed by atoms with Crippen LogP contribution in [-0.2, 0) is 0 Å². The third-order valence-electron chi connectivity index (χ3n) is 1.74. The molecule has 14 heavy (non-hydrogen) atoms. The maximum absolute atomic E-state index is 5.84. The molecule has 0 aliphatic heterocycles. The SMILES string of the molecule is Clc1cc(-c2ccccc2)nc(I)n1. The van der Waals surface area contributed by atoms with Crippen LogP contribution < -0.4 is 0 Å². The fourth-order valence-electron chi connectivity index (χ4n) is 1.15. The van der Waals surface area contributed by atoms with Crippen molar-refractivity contribution in [2.45, 2.75) is 0 Å². The second kappa shape index (κ2) is 4.23. The van der Waals surface area contributed by atoms with Gasteiger partial charge >= 0.3 is 0 Å². The van der Waals surface area contributed by atoms with Crippen molar-refractivity contribution in [3.05, 3.63) is 45.4 Å². The Morgan fingerprint density at radius 1 is 1.07 bits per heavy atom. The van der Waals surface area contributed by atoms with E-state index in [4.69, 9.17) is 11.6 Å². The molecule has 0 N–H and O–H groups in total. The molecular formula is C10H6ClIN2. The van der Waals surface area contributed by atoms with Crippen molar-refractivity contribution >= 4 is 34.2 Å². The van der Waals surface area contributed by atoms with Crippen molar-refractivity contribution in [1.82, 2.24) is 9.97 Å². The molecule has 0 saturated carbocycles. The van der Waals surface area contributed by atoms with Gasteiger partial charge in [0.05, 0.1) is 5.69 Å². The molecule has 1 heterocycles. The van der Waals surface area contributed by atoms with Crippen LogP contribution in [0.2, 0.25) is 5.15 Å². The van der Waals surface area contributed by atoms with Crippen molar-refractivity contribution in [3.63, 3.8) is 0 Å². The van der Waals surface area contributed by atoms with Crippen LogP contribution >= 0.6 is 34.2 Å². The molecule has 0 atom stereocenters. The van der Waals surface area contributed by atoms with Crippen LogP contribution in [0.4, 0.5) is 0 Å². The topological polar surface area (TPSA) is 25.8 Å². The van der Waals surface area contributed by atoms with E-state index in [1.165, 1.54) is 0 Å². The number of nitrogens with zero attached hydrogens (tertiary/aromatic N) is 2. The van der Waals surface area contributed by atoms with E-state index in [0.717, 1.165) is 11.3 Å². The maximum Gasteiger partial charge on any atom is 0.192 e. The summed E-state index contributed by atoms with van der Waals surface area (Å²) in [5, 5.41) is 0.475. The first-order valence-corrected chi connectivity index (χ1v) is 5.47. The van der Waals surface area contributed by atoms with Crippen molar-refractivity contribution < 1.29 is 0 Å². The van der Waals surface area contributed by atoms with Crippen molar-refractivity contribution in [3.8, 4) is 11.3 Å². The lowest BCUT2D eigenvalue weighted by molar-refractivity contribution is 1.11. The van der Waals surface area contributed by atoms with Gasteiger partial charge in [0.15, 0.2) is 3.83 Å². The standard InChI is InChI=1S/C10H6ClIN2/c11-9-6-8(13-10(12)14-9)7-4-2-1-3-5-7/h1-6H. The van der Waals surface area contributed by atoms with E-state index in [0.29, 0.717) is 8.98 Å². The van der Waals surface area contributed by atoms with Crippen LogP contribution in [0, 0.1) is 3.83 Å². The molecule has 0 amide bonds. The third-order valence-corrected chi connectivity index (χ3v) is 2.41. The minimum Gasteiger partial charge on any atom is -0.223 e. The summed E-state index contributed by atoms with van der Waals surface area (Å²) in [6.07, 6.45) is 0. The van der Waals surface area contributed by atoms with Crippen LogP contribution in [0.1, 0.15) is 0 Å². The Bertz CT molecular complexity index is 425. The molecular weight excluding hydrogens is 310 g/mol. The van der Waals surface area contributed by atoms with Crippen LogP contribution in [0.15, 0.2) is 36.4 Å². The van der Waals surface area contributed by atoms with Gasteiger partial charge in [-0.25, -0.2) is 9.97 Å². The van der Waals surface area contributed by atoms with Gasteiger partial charge in [-0.1, -0.05) is 41.9 Å².